The Labute approximate surface area is 134 Å². The second-order valence-electron chi connectivity index (χ2n) is 6.23. The molecule has 2 unspecified atom stereocenters. The molecule has 1 aromatic carbocycles. The van der Waals surface area contributed by atoms with Crippen molar-refractivity contribution in [2.24, 2.45) is 0 Å². The molecule has 120 valence electrons. The maximum atomic E-state index is 12.9. The van der Waals surface area contributed by atoms with Crippen LogP contribution in [0.1, 0.15) is 36.0 Å². The Morgan fingerprint density at radius 3 is 2.43 bits per heavy atom. The molecule has 0 radical (unpaired) electrons. The number of rotatable bonds is 3. The molecular weight excluding hydrogens is 294 g/mol. The summed E-state index contributed by atoms with van der Waals surface area (Å²) in [5, 5.41) is 11.1. The zero-order valence-electron chi connectivity index (χ0n) is 13.0. The van der Waals surface area contributed by atoms with Gasteiger partial charge in [-0.1, -0.05) is 0 Å². The second-order valence-corrected chi connectivity index (χ2v) is 6.23. The molecule has 0 saturated carbocycles. The Bertz CT molecular complexity index is 671. The summed E-state index contributed by atoms with van der Waals surface area (Å²) in [7, 11) is 1.76. The molecule has 4 rings (SSSR count). The van der Waals surface area contributed by atoms with Crippen molar-refractivity contribution in [2.45, 2.75) is 43.9 Å². The van der Waals surface area contributed by atoms with Gasteiger partial charge in [0.25, 0.3) is 5.91 Å². The van der Waals surface area contributed by atoms with Crippen molar-refractivity contribution in [1.29, 1.82) is 0 Å². The first kappa shape index (κ1) is 14.3. The van der Waals surface area contributed by atoms with E-state index in [1.54, 1.807) is 11.8 Å². The number of methoxy groups -OCH3 is 1. The lowest BCUT2D eigenvalue weighted by Gasteiger charge is -2.38. The monoisotopic (exact) mass is 313 g/mol. The lowest BCUT2D eigenvalue weighted by Crippen LogP contribution is -2.48. The summed E-state index contributed by atoms with van der Waals surface area (Å²) in [5.41, 5.74) is 1.56. The number of amides is 1. The van der Waals surface area contributed by atoms with E-state index in [-0.39, 0.29) is 5.91 Å². The van der Waals surface area contributed by atoms with Gasteiger partial charge in [0.05, 0.1) is 11.8 Å². The minimum absolute atomic E-state index is 0.121. The van der Waals surface area contributed by atoms with Crippen LogP contribution in [0.4, 0.5) is 0 Å². The van der Waals surface area contributed by atoms with Gasteiger partial charge in [-0.05, 0) is 60.4 Å². The van der Waals surface area contributed by atoms with E-state index in [4.69, 9.17) is 4.74 Å². The largest absolute Gasteiger partial charge is 0.381 e. The van der Waals surface area contributed by atoms with E-state index in [9.17, 15) is 4.79 Å². The quantitative estimate of drug-likeness (QED) is 0.857. The predicted octanol–water partition coefficient (Wildman–Crippen LogP) is 1.44. The molecule has 2 bridgehead atoms. The van der Waals surface area contributed by atoms with Crippen LogP contribution in [0.25, 0.3) is 5.69 Å². The highest BCUT2D eigenvalue weighted by Crippen LogP contribution is 2.37. The lowest BCUT2D eigenvalue weighted by molar-refractivity contribution is 0.00822. The predicted molar refractivity (Wildman–Crippen MR) is 82.2 cm³/mol. The Balaban J connectivity index is 1.53. The van der Waals surface area contributed by atoms with Crippen molar-refractivity contribution in [3.8, 4) is 5.69 Å². The third kappa shape index (κ3) is 2.50. The molecule has 7 nitrogen and oxygen atoms in total. The number of benzene rings is 1. The van der Waals surface area contributed by atoms with Crippen LogP contribution in [-0.2, 0) is 4.74 Å². The highest BCUT2D eigenvalue weighted by Gasteiger charge is 2.43. The van der Waals surface area contributed by atoms with E-state index >= 15 is 0 Å². The average molecular weight is 313 g/mol. The van der Waals surface area contributed by atoms with E-state index in [0.29, 0.717) is 18.2 Å². The average Bonchev–Trinajstić information content (AvgIpc) is 3.21. The molecule has 1 amide bonds. The molecule has 2 saturated heterocycles. The van der Waals surface area contributed by atoms with Crippen LogP contribution in [-0.4, -0.2) is 56.3 Å². The number of ether oxygens (including phenoxy) is 1. The molecular formula is C16H19N5O2. The van der Waals surface area contributed by atoms with Crippen molar-refractivity contribution in [2.75, 3.05) is 7.11 Å². The van der Waals surface area contributed by atoms with Gasteiger partial charge < -0.3 is 9.64 Å². The number of tetrazole rings is 1. The van der Waals surface area contributed by atoms with E-state index < -0.39 is 0 Å². The fraction of sp³-hybridized carbons (Fsp3) is 0.500. The highest BCUT2D eigenvalue weighted by atomic mass is 16.5. The summed E-state index contributed by atoms with van der Waals surface area (Å²) in [4.78, 5) is 15.0. The minimum atomic E-state index is 0.121. The molecule has 2 aromatic rings. The van der Waals surface area contributed by atoms with E-state index in [1.165, 1.54) is 6.33 Å². The summed E-state index contributed by atoms with van der Waals surface area (Å²) < 4.78 is 7.07. The summed E-state index contributed by atoms with van der Waals surface area (Å²) in [6, 6.07) is 8.05. The van der Waals surface area contributed by atoms with Crippen LogP contribution < -0.4 is 0 Å². The first-order valence-corrected chi connectivity index (χ1v) is 7.95. The summed E-state index contributed by atoms with van der Waals surface area (Å²) in [5.74, 6) is 0.121. The number of aromatic nitrogens is 4. The van der Waals surface area contributed by atoms with Gasteiger partial charge >= 0.3 is 0 Å². The zero-order valence-corrected chi connectivity index (χ0v) is 13.0. The third-order valence-corrected chi connectivity index (χ3v) is 4.99. The van der Waals surface area contributed by atoms with Gasteiger partial charge in [-0.2, -0.15) is 0 Å². The SMILES string of the molecule is COC1CC2CCC(C1)N2C(=O)c1ccc(-n2cnnn2)cc1. The second kappa shape index (κ2) is 5.73. The molecule has 0 spiro atoms. The Morgan fingerprint density at radius 1 is 1.17 bits per heavy atom. The number of carbonyl (C=O) groups is 1. The third-order valence-electron chi connectivity index (χ3n) is 4.99. The molecule has 7 heteroatoms. The molecule has 23 heavy (non-hydrogen) atoms. The summed E-state index contributed by atoms with van der Waals surface area (Å²) >= 11 is 0. The van der Waals surface area contributed by atoms with Crippen LogP contribution in [0.5, 0.6) is 0 Å². The standard InChI is InChI=1S/C16H19N5O2/c1-23-15-8-13-6-7-14(9-15)21(13)16(22)11-2-4-12(5-3-11)20-10-17-18-19-20/h2-5,10,13-15H,6-9H2,1H3. The van der Waals surface area contributed by atoms with Gasteiger partial charge in [-0.3, -0.25) is 4.79 Å². The van der Waals surface area contributed by atoms with Crippen LogP contribution in [0.15, 0.2) is 30.6 Å². The smallest absolute Gasteiger partial charge is 0.254 e. The Morgan fingerprint density at radius 2 is 1.87 bits per heavy atom. The van der Waals surface area contributed by atoms with Gasteiger partial charge in [-0.25, -0.2) is 4.68 Å². The van der Waals surface area contributed by atoms with Crippen molar-refractivity contribution < 1.29 is 9.53 Å². The van der Waals surface area contributed by atoms with E-state index in [0.717, 1.165) is 36.9 Å². The molecule has 2 aliphatic rings. The lowest BCUT2D eigenvalue weighted by atomic mass is 9.98. The van der Waals surface area contributed by atoms with Gasteiger partial charge in [0.15, 0.2) is 0 Å². The first-order valence-electron chi connectivity index (χ1n) is 7.95. The normalized spacial score (nSPS) is 26.5. The Hall–Kier alpha value is -2.28. The number of piperidine rings is 1. The van der Waals surface area contributed by atoms with Gasteiger partial charge in [0, 0.05) is 24.8 Å². The highest BCUT2D eigenvalue weighted by molar-refractivity contribution is 5.95. The van der Waals surface area contributed by atoms with Crippen LogP contribution in [0.3, 0.4) is 0 Å². The maximum absolute atomic E-state index is 12.9. The fourth-order valence-corrected chi connectivity index (χ4v) is 3.84. The first-order chi connectivity index (χ1) is 11.3. The molecule has 2 atom stereocenters. The summed E-state index contributed by atoms with van der Waals surface area (Å²) in [6.07, 6.45) is 5.88. The molecule has 0 aliphatic carbocycles. The van der Waals surface area contributed by atoms with Crippen molar-refractivity contribution in [3.05, 3.63) is 36.2 Å². The zero-order chi connectivity index (χ0) is 15.8. The van der Waals surface area contributed by atoms with Crippen LogP contribution >= 0.6 is 0 Å². The number of hydrogen-bond donors (Lipinski definition) is 0. The van der Waals surface area contributed by atoms with E-state index in [2.05, 4.69) is 20.4 Å². The van der Waals surface area contributed by atoms with Crippen LogP contribution in [0.2, 0.25) is 0 Å². The van der Waals surface area contributed by atoms with E-state index in [1.807, 2.05) is 24.3 Å². The van der Waals surface area contributed by atoms with Crippen molar-refractivity contribution >= 4 is 5.91 Å². The van der Waals surface area contributed by atoms with Crippen molar-refractivity contribution in [3.63, 3.8) is 0 Å². The summed E-state index contributed by atoms with van der Waals surface area (Å²) in [6.45, 7) is 0. The van der Waals surface area contributed by atoms with Crippen molar-refractivity contribution in [1.82, 2.24) is 25.1 Å². The fourth-order valence-electron chi connectivity index (χ4n) is 3.84. The molecule has 1 aromatic heterocycles. The number of fused-ring (bicyclic) bond motifs is 2. The number of nitrogens with zero attached hydrogens (tertiary/aromatic N) is 5. The molecule has 0 N–H and O–H groups in total. The topological polar surface area (TPSA) is 73.1 Å². The molecule has 2 fully saturated rings. The minimum Gasteiger partial charge on any atom is -0.381 e. The maximum Gasteiger partial charge on any atom is 0.254 e. The molecule has 2 aliphatic heterocycles. The van der Waals surface area contributed by atoms with Gasteiger partial charge in [0.2, 0.25) is 0 Å². The molecule has 3 heterocycles. The van der Waals surface area contributed by atoms with Gasteiger partial charge in [-0.15, -0.1) is 5.10 Å². The van der Waals surface area contributed by atoms with Crippen LogP contribution in [0, 0.1) is 0 Å². The number of hydrogen-bond acceptors (Lipinski definition) is 5. The number of carbonyl (C=O) groups excluding carboxylic acids is 1. The van der Waals surface area contributed by atoms with Gasteiger partial charge in [0.1, 0.15) is 6.33 Å². The Kier molecular flexibility index (Phi) is 3.57.